The Morgan fingerprint density at radius 1 is 1.33 bits per heavy atom. The molecular weight excluding hydrogens is 352 g/mol. The van der Waals surface area contributed by atoms with E-state index in [4.69, 9.17) is 13.9 Å². The summed E-state index contributed by atoms with van der Waals surface area (Å²) in [5.41, 5.74) is 0.153. The molecular formula is C19H16N2O6. The van der Waals surface area contributed by atoms with E-state index in [1.54, 1.807) is 12.1 Å². The van der Waals surface area contributed by atoms with Gasteiger partial charge < -0.3 is 13.9 Å². The Morgan fingerprint density at radius 2 is 2.11 bits per heavy atom. The van der Waals surface area contributed by atoms with Crippen molar-refractivity contribution in [2.75, 3.05) is 7.11 Å². The molecule has 0 bridgehead atoms. The van der Waals surface area contributed by atoms with Crippen molar-refractivity contribution >= 4 is 23.6 Å². The van der Waals surface area contributed by atoms with E-state index in [1.807, 2.05) is 6.07 Å². The number of hydrogen-bond acceptors (Lipinski definition) is 7. The van der Waals surface area contributed by atoms with Crippen LogP contribution in [-0.2, 0) is 9.53 Å². The summed E-state index contributed by atoms with van der Waals surface area (Å²) in [6.45, 7) is 2.16. The third-order valence-corrected chi connectivity index (χ3v) is 4.64. The van der Waals surface area contributed by atoms with Crippen molar-refractivity contribution < 1.29 is 23.6 Å². The van der Waals surface area contributed by atoms with Crippen LogP contribution in [0.2, 0.25) is 0 Å². The molecule has 1 saturated carbocycles. The summed E-state index contributed by atoms with van der Waals surface area (Å²) in [6, 6.07) is 7.92. The second-order valence-electron chi connectivity index (χ2n) is 6.54. The number of carbonyl (C=O) groups is 1. The van der Waals surface area contributed by atoms with Gasteiger partial charge in [-0.3, -0.25) is 10.1 Å². The first-order valence-electron chi connectivity index (χ1n) is 8.41. The van der Waals surface area contributed by atoms with E-state index in [-0.39, 0.29) is 23.0 Å². The van der Waals surface area contributed by atoms with Gasteiger partial charge in [-0.15, -0.1) is 0 Å². The molecule has 0 spiro atoms. The molecule has 1 fully saturated rings. The molecule has 1 aromatic heterocycles. The van der Waals surface area contributed by atoms with Crippen molar-refractivity contribution in [2.45, 2.75) is 19.3 Å². The average molecular weight is 368 g/mol. The summed E-state index contributed by atoms with van der Waals surface area (Å²) in [5.74, 6) is 1.94. The molecule has 0 radical (unpaired) electrons. The molecule has 0 N–H and O–H groups in total. The Morgan fingerprint density at radius 3 is 2.78 bits per heavy atom. The van der Waals surface area contributed by atoms with Crippen LogP contribution >= 0.6 is 0 Å². The van der Waals surface area contributed by atoms with E-state index >= 15 is 0 Å². The van der Waals surface area contributed by atoms with Gasteiger partial charge in [-0.2, -0.15) is 0 Å². The van der Waals surface area contributed by atoms with Gasteiger partial charge in [-0.05, 0) is 36.6 Å². The standard InChI is InChI=1S/C19H16N2O6/c1-10-7-13(10)16-6-4-12(26-16)9-14-19(22)27-18(20-14)11-3-5-17(25-2)15(8-11)21(23)24/h3-6,8-10,13H,7H2,1-2H3/b14-9+/t10-,13+/m0/s1. The molecule has 138 valence electrons. The predicted octanol–water partition coefficient (Wildman–Crippen LogP) is 3.66. The molecule has 2 heterocycles. The van der Waals surface area contributed by atoms with Crippen molar-refractivity contribution in [1.29, 1.82) is 0 Å². The number of hydrogen-bond donors (Lipinski definition) is 0. The Balaban J connectivity index is 1.62. The van der Waals surface area contributed by atoms with Gasteiger partial charge in [0.1, 0.15) is 11.5 Å². The van der Waals surface area contributed by atoms with E-state index in [0.717, 1.165) is 12.2 Å². The summed E-state index contributed by atoms with van der Waals surface area (Å²) >= 11 is 0. The van der Waals surface area contributed by atoms with Crippen LogP contribution in [0.15, 0.2) is 45.4 Å². The maximum atomic E-state index is 12.1. The summed E-state index contributed by atoms with van der Waals surface area (Å²) in [4.78, 5) is 26.8. The molecule has 1 aromatic carbocycles. The highest BCUT2D eigenvalue weighted by Gasteiger charge is 2.36. The third kappa shape index (κ3) is 3.21. The maximum Gasteiger partial charge on any atom is 0.363 e. The SMILES string of the molecule is COc1ccc(C2=N/C(=C/c3ccc([C@@H]4C[C@@H]4C)o3)C(=O)O2)cc1[N+](=O)[O-]. The number of nitro groups is 1. The molecule has 0 unspecified atom stereocenters. The van der Waals surface area contributed by atoms with E-state index in [9.17, 15) is 14.9 Å². The molecule has 4 rings (SSSR count). The Kier molecular flexibility index (Phi) is 4.02. The second-order valence-corrected chi connectivity index (χ2v) is 6.54. The van der Waals surface area contributed by atoms with Crippen LogP contribution in [0.5, 0.6) is 5.75 Å². The molecule has 0 amide bonds. The van der Waals surface area contributed by atoms with Crippen LogP contribution in [0.3, 0.4) is 0 Å². The van der Waals surface area contributed by atoms with Gasteiger partial charge >= 0.3 is 11.7 Å². The normalized spacial score (nSPS) is 22.5. The highest BCUT2D eigenvalue weighted by Crippen LogP contribution is 2.47. The Bertz CT molecular complexity index is 1000. The molecule has 27 heavy (non-hydrogen) atoms. The first kappa shape index (κ1) is 17.0. The predicted molar refractivity (Wildman–Crippen MR) is 95.5 cm³/mol. The lowest BCUT2D eigenvalue weighted by Gasteiger charge is -2.03. The van der Waals surface area contributed by atoms with Gasteiger partial charge in [-0.25, -0.2) is 9.79 Å². The fourth-order valence-electron chi connectivity index (χ4n) is 3.00. The minimum atomic E-state index is -0.638. The van der Waals surface area contributed by atoms with Crippen LogP contribution in [0, 0.1) is 16.0 Å². The number of nitrogens with zero attached hydrogens (tertiary/aromatic N) is 2. The van der Waals surface area contributed by atoms with E-state index in [2.05, 4.69) is 11.9 Å². The zero-order chi connectivity index (χ0) is 19.1. The monoisotopic (exact) mass is 368 g/mol. The molecule has 1 aliphatic carbocycles. The smallest absolute Gasteiger partial charge is 0.363 e. The minimum Gasteiger partial charge on any atom is -0.490 e. The number of cyclic esters (lactones) is 1. The average Bonchev–Trinajstić information content (AvgIpc) is 3.04. The van der Waals surface area contributed by atoms with Crippen LogP contribution in [0.25, 0.3) is 6.08 Å². The van der Waals surface area contributed by atoms with E-state index in [0.29, 0.717) is 23.2 Å². The fourth-order valence-corrected chi connectivity index (χ4v) is 3.00. The van der Waals surface area contributed by atoms with Crippen molar-refractivity contribution in [2.24, 2.45) is 10.9 Å². The number of aliphatic imine (C=N–C) groups is 1. The van der Waals surface area contributed by atoms with Gasteiger partial charge in [0.25, 0.3) is 0 Å². The molecule has 0 saturated heterocycles. The summed E-state index contributed by atoms with van der Waals surface area (Å²) in [5, 5.41) is 11.2. The lowest BCUT2D eigenvalue weighted by molar-refractivity contribution is -0.385. The Hall–Kier alpha value is -3.42. The fraction of sp³-hybridized carbons (Fsp3) is 0.263. The molecule has 2 atom stereocenters. The van der Waals surface area contributed by atoms with E-state index < -0.39 is 10.9 Å². The maximum absolute atomic E-state index is 12.1. The Labute approximate surface area is 154 Å². The number of methoxy groups -OCH3 is 1. The van der Waals surface area contributed by atoms with Gasteiger partial charge in [-0.1, -0.05) is 6.92 Å². The molecule has 2 aromatic rings. The lowest BCUT2D eigenvalue weighted by atomic mass is 10.2. The van der Waals surface area contributed by atoms with Crippen molar-refractivity contribution in [1.82, 2.24) is 0 Å². The number of nitro benzene ring substituents is 1. The highest BCUT2D eigenvalue weighted by atomic mass is 16.6. The largest absolute Gasteiger partial charge is 0.490 e. The topological polar surface area (TPSA) is 104 Å². The summed E-state index contributed by atoms with van der Waals surface area (Å²) in [6.07, 6.45) is 2.61. The van der Waals surface area contributed by atoms with Crippen LogP contribution in [0.4, 0.5) is 5.69 Å². The van der Waals surface area contributed by atoms with Crippen LogP contribution < -0.4 is 4.74 Å². The zero-order valence-corrected chi connectivity index (χ0v) is 14.7. The van der Waals surface area contributed by atoms with E-state index in [1.165, 1.54) is 25.3 Å². The summed E-state index contributed by atoms with van der Waals surface area (Å²) < 4.78 is 15.9. The quantitative estimate of drug-likeness (QED) is 0.345. The second kappa shape index (κ2) is 6.39. The van der Waals surface area contributed by atoms with Gasteiger partial charge in [0.05, 0.1) is 12.0 Å². The van der Waals surface area contributed by atoms with Crippen LogP contribution in [0.1, 0.15) is 36.3 Å². The summed E-state index contributed by atoms with van der Waals surface area (Å²) in [7, 11) is 1.34. The number of carbonyl (C=O) groups excluding carboxylic acids is 1. The van der Waals surface area contributed by atoms with Crippen molar-refractivity contribution in [3.63, 3.8) is 0 Å². The minimum absolute atomic E-state index is 0.000372. The number of esters is 1. The highest BCUT2D eigenvalue weighted by molar-refractivity contribution is 6.13. The number of benzene rings is 1. The van der Waals surface area contributed by atoms with Crippen LogP contribution in [-0.4, -0.2) is 23.9 Å². The molecule has 8 heteroatoms. The zero-order valence-electron chi connectivity index (χ0n) is 14.7. The number of furan rings is 1. The molecule has 8 nitrogen and oxygen atoms in total. The van der Waals surface area contributed by atoms with Crippen molar-refractivity contribution in [3.8, 4) is 5.75 Å². The molecule has 2 aliphatic rings. The van der Waals surface area contributed by atoms with Gasteiger partial charge in [0.15, 0.2) is 11.4 Å². The van der Waals surface area contributed by atoms with Gasteiger partial charge in [0.2, 0.25) is 5.90 Å². The number of ether oxygens (including phenoxy) is 2. The van der Waals surface area contributed by atoms with Crippen molar-refractivity contribution in [3.05, 3.63) is 63.2 Å². The molecule has 1 aliphatic heterocycles. The van der Waals surface area contributed by atoms with Gasteiger partial charge in [0, 0.05) is 23.6 Å². The number of rotatable bonds is 5. The third-order valence-electron chi connectivity index (χ3n) is 4.64. The lowest BCUT2D eigenvalue weighted by Crippen LogP contribution is -2.06. The first-order valence-corrected chi connectivity index (χ1v) is 8.41. The first-order chi connectivity index (χ1) is 13.0.